The molecule has 0 aliphatic heterocycles. The lowest BCUT2D eigenvalue weighted by molar-refractivity contribution is -0.137. The highest BCUT2D eigenvalue weighted by Gasteiger charge is 2.33. The third-order valence-corrected chi connectivity index (χ3v) is 4.37. The fourth-order valence-electron chi connectivity index (χ4n) is 2.98. The summed E-state index contributed by atoms with van der Waals surface area (Å²) in [6, 6.07) is 5.10. The van der Waals surface area contributed by atoms with E-state index in [1.165, 1.54) is 6.07 Å². The molecule has 2 N–H and O–H groups in total. The Bertz CT molecular complexity index is 461. The fourth-order valence-corrected chi connectivity index (χ4v) is 2.98. The number of rotatable bonds is 4. The first-order valence-electron chi connectivity index (χ1n) is 7.48. The smallest absolute Gasteiger partial charge is 0.416 e. The first-order chi connectivity index (χ1) is 9.94. The topological polar surface area (TPSA) is 35.2 Å². The van der Waals surface area contributed by atoms with Gasteiger partial charge >= 0.3 is 6.18 Å². The molecular weight excluding hydrogens is 279 g/mol. The molecule has 21 heavy (non-hydrogen) atoms. The minimum Gasteiger partial charge on any atom is -0.490 e. The monoisotopic (exact) mass is 301 g/mol. The van der Waals surface area contributed by atoms with Gasteiger partial charge in [0.2, 0.25) is 0 Å². The maximum absolute atomic E-state index is 12.7. The van der Waals surface area contributed by atoms with Crippen molar-refractivity contribution < 1.29 is 17.9 Å². The number of halogens is 3. The number of nitrogens with two attached hydrogens (primary N) is 1. The van der Waals surface area contributed by atoms with Crippen LogP contribution in [0.4, 0.5) is 13.2 Å². The zero-order valence-corrected chi connectivity index (χ0v) is 12.2. The molecule has 0 saturated heterocycles. The van der Waals surface area contributed by atoms with Gasteiger partial charge in [-0.3, -0.25) is 0 Å². The summed E-state index contributed by atoms with van der Waals surface area (Å²) in [7, 11) is 0. The Morgan fingerprint density at radius 3 is 2.67 bits per heavy atom. The molecular formula is C16H22F3NO. The Hall–Kier alpha value is -1.23. The molecule has 1 aliphatic rings. The highest BCUT2D eigenvalue weighted by molar-refractivity contribution is 5.30. The Morgan fingerprint density at radius 2 is 2.05 bits per heavy atom. The van der Waals surface area contributed by atoms with Gasteiger partial charge in [-0.05, 0) is 49.9 Å². The quantitative estimate of drug-likeness (QED) is 0.903. The van der Waals surface area contributed by atoms with Gasteiger partial charge in [0.05, 0.1) is 5.56 Å². The largest absolute Gasteiger partial charge is 0.490 e. The average Bonchev–Trinajstić information content (AvgIpc) is 2.46. The second-order valence-electron chi connectivity index (χ2n) is 5.77. The van der Waals surface area contributed by atoms with E-state index in [4.69, 9.17) is 10.5 Å². The van der Waals surface area contributed by atoms with Crippen LogP contribution in [0.5, 0.6) is 5.75 Å². The van der Waals surface area contributed by atoms with Crippen molar-refractivity contribution in [1.82, 2.24) is 0 Å². The number of benzene rings is 1. The molecule has 0 amide bonds. The van der Waals surface area contributed by atoms with Gasteiger partial charge in [0.25, 0.3) is 0 Å². The van der Waals surface area contributed by atoms with Crippen LogP contribution in [-0.2, 0) is 6.18 Å². The Balaban J connectivity index is 2.11. The Morgan fingerprint density at radius 1 is 1.29 bits per heavy atom. The summed E-state index contributed by atoms with van der Waals surface area (Å²) in [5.41, 5.74) is 5.10. The maximum Gasteiger partial charge on any atom is 0.416 e. The Kier molecular flexibility index (Phi) is 5.14. The van der Waals surface area contributed by atoms with Crippen molar-refractivity contribution in [3.63, 3.8) is 0 Å². The summed E-state index contributed by atoms with van der Waals surface area (Å²) < 4.78 is 44.0. The van der Waals surface area contributed by atoms with E-state index in [1.54, 1.807) is 6.07 Å². The van der Waals surface area contributed by atoms with E-state index in [0.717, 1.165) is 37.8 Å². The van der Waals surface area contributed by atoms with Gasteiger partial charge < -0.3 is 10.5 Å². The lowest BCUT2D eigenvalue weighted by atomic mass is 9.78. The zero-order chi connectivity index (χ0) is 15.5. The molecule has 0 bridgehead atoms. The van der Waals surface area contributed by atoms with E-state index in [2.05, 4.69) is 6.92 Å². The third kappa shape index (κ3) is 4.13. The zero-order valence-electron chi connectivity index (χ0n) is 12.2. The molecule has 118 valence electrons. The van der Waals surface area contributed by atoms with E-state index in [9.17, 15) is 13.2 Å². The molecule has 3 atom stereocenters. The number of hydrogen-bond donors (Lipinski definition) is 1. The summed E-state index contributed by atoms with van der Waals surface area (Å²) in [5, 5.41) is 0. The number of ether oxygens (including phenoxy) is 1. The van der Waals surface area contributed by atoms with Gasteiger partial charge in [0, 0.05) is 5.92 Å². The van der Waals surface area contributed by atoms with Gasteiger partial charge in [-0.1, -0.05) is 19.4 Å². The Labute approximate surface area is 123 Å². The molecule has 1 aliphatic carbocycles. The van der Waals surface area contributed by atoms with E-state index >= 15 is 0 Å². The molecule has 2 rings (SSSR count). The highest BCUT2D eigenvalue weighted by Crippen LogP contribution is 2.35. The van der Waals surface area contributed by atoms with E-state index in [0.29, 0.717) is 12.5 Å². The molecule has 3 unspecified atom stereocenters. The molecule has 0 heterocycles. The van der Waals surface area contributed by atoms with Gasteiger partial charge in [-0.2, -0.15) is 13.2 Å². The molecule has 1 saturated carbocycles. The predicted molar refractivity (Wildman–Crippen MR) is 76.0 cm³/mol. The second kappa shape index (κ2) is 6.69. The van der Waals surface area contributed by atoms with Crippen LogP contribution in [0.25, 0.3) is 0 Å². The predicted octanol–water partition coefficient (Wildman–Crippen LogP) is 4.24. The highest BCUT2D eigenvalue weighted by atomic mass is 19.4. The summed E-state index contributed by atoms with van der Waals surface area (Å²) >= 11 is 0. The molecule has 0 aromatic heterocycles. The molecule has 0 radical (unpaired) electrons. The minimum atomic E-state index is -4.34. The van der Waals surface area contributed by atoms with Crippen molar-refractivity contribution in [1.29, 1.82) is 0 Å². The molecule has 1 aromatic rings. The number of alkyl halides is 3. The summed E-state index contributed by atoms with van der Waals surface area (Å²) in [4.78, 5) is 0. The molecule has 1 aromatic carbocycles. The van der Waals surface area contributed by atoms with Gasteiger partial charge in [-0.15, -0.1) is 0 Å². The number of hydrogen-bond acceptors (Lipinski definition) is 2. The van der Waals surface area contributed by atoms with Crippen molar-refractivity contribution in [2.45, 2.75) is 44.9 Å². The normalized spacial score (nSPS) is 26.6. The van der Waals surface area contributed by atoms with Crippen molar-refractivity contribution >= 4 is 0 Å². The van der Waals surface area contributed by atoms with Crippen LogP contribution < -0.4 is 10.5 Å². The van der Waals surface area contributed by atoms with Crippen LogP contribution >= 0.6 is 0 Å². The molecule has 2 nitrogen and oxygen atoms in total. The van der Waals surface area contributed by atoms with Crippen LogP contribution in [-0.4, -0.2) is 12.6 Å². The lowest BCUT2D eigenvalue weighted by Crippen LogP contribution is -2.38. The van der Waals surface area contributed by atoms with E-state index in [-0.39, 0.29) is 17.8 Å². The standard InChI is InChI=1S/C16H22F3NO/c1-2-11-6-7-12(10-20)15(8-11)21-14-5-3-4-13(9-14)16(17,18)19/h3-5,9,11-12,15H,2,6-8,10,20H2,1H3. The van der Waals surface area contributed by atoms with Crippen LogP contribution in [0.3, 0.4) is 0 Å². The van der Waals surface area contributed by atoms with Crippen molar-refractivity contribution in [3.8, 4) is 5.75 Å². The van der Waals surface area contributed by atoms with E-state index < -0.39 is 11.7 Å². The maximum atomic E-state index is 12.7. The first kappa shape index (κ1) is 16.1. The first-order valence-corrected chi connectivity index (χ1v) is 7.48. The van der Waals surface area contributed by atoms with Crippen molar-refractivity contribution in [2.24, 2.45) is 17.6 Å². The molecule has 5 heteroatoms. The lowest BCUT2D eigenvalue weighted by Gasteiger charge is -2.35. The molecule has 1 fully saturated rings. The van der Waals surface area contributed by atoms with Crippen LogP contribution in [0.2, 0.25) is 0 Å². The van der Waals surface area contributed by atoms with Gasteiger partial charge in [0.1, 0.15) is 11.9 Å². The third-order valence-electron chi connectivity index (χ3n) is 4.37. The summed E-state index contributed by atoms with van der Waals surface area (Å²) in [6.07, 6.45) is -0.379. The SMILES string of the molecule is CCC1CCC(CN)C(Oc2cccc(C(F)(F)F)c2)C1. The van der Waals surface area contributed by atoms with Crippen LogP contribution in [0, 0.1) is 11.8 Å². The van der Waals surface area contributed by atoms with Crippen LogP contribution in [0.1, 0.15) is 38.2 Å². The summed E-state index contributed by atoms with van der Waals surface area (Å²) in [5.74, 6) is 1.08. The van der Waals surface area contributed by atoms with E-state index in [1.807, 2.05) is 0 Å². The van der Waals surface area contributed by atoms with Crippen molar-refractivity contribution in [2.75, 3.05) is 6.54 Å². The van der Waals surface area contributed by atoms with Crippen LogP contribution in [0.15, 0.2) is 24.3 Å². The van der Waals surface area contributed by atoms with Gasteiger partial charge in [0.15, 0.2) is 0 Å². The minimum absolute atomic E-state index is 0.0859. The van der Waals surface area contributed by atoms with Gasteiger partial charge in [-0.25, -0.2) is 0 Å². The summed E-state index contributed by atoms with van der Waals surface area (Å²) in [6.45, 7) is 2.65. The fraction of sp³-hybridized carbons (Fsp3) is 0.625. The van der Waals surface area contributed by atoms with Crippen molar-refractivity contribution in [3.05, 3.63) is 29.8 Å². The second-order valence-corrected chi connectivity index (χ2v) is 5.77. The average molecular weight is 301 g/mol. The molecule has 0 spiro atoms.